The Labute approximate surface area is 196 Å². The number of carbonyl (C=O) groups is 1. The second-order valence-electron chi connectivity index (χ2n) is 7.24. The maximum Gasteiger partial charge on any atom is 0.228 e. The molecule has 0 bridgehead atoms. The first-order valence-corrected chi connectivity index (χ1v) is 12.3. The zero-order valence-corrected chi connectivity index (χ0v) is 19.7. The van der Waals surface area contributed by atoms with Gasteiger partial charge >= 0.3 is 0 Å². The average Bonchev–Trinajstić information content (AvgIpc) is 3.25. The molecule has 0 saturated carbocycles. The summed E-state index contributed by atoms with van der Waals surface area (Å²) in [6.07, 6.45) is 0.350. The van der Waals surface area contributed by atoms with Crippen LogP contribution in [0.1, 0.15) is 11.3 Å². The van der Waals surface area contributed by atoms with Gasteiger partial charge in [-0.2, -0.15) is 0 Å². The first-order chi connectivity index (χ1) is 15.1. The highest BCUT2D eigenvalue weighted by atomic mass is 35.5. The fourth-order valence-electron chi connectivity index (χ4n) is 3.56. The van der Waals surface area contributed by atoms with E-state index in [1.807, 2.05) is 46.7 Å². The molecule has 0 aliphatic carbocycles. The highest BCUT2D eigenvalue weighted by Crippen LogP contribution is 2.29. The van der Waals surface area contributed by atoms with Crippen molar-refractivity contribution in [2.75, 3.05) is 38.2 Å². The van der Waals surface area contributed by atoms with Crippen LogP contribution in [-0.2, 0) is 17.0 Å². The Morgan fingerprint density at radius 2 is 1.97 bits per heavy atom. The highest BCUT2D eigenvalue weighted by Gasteiger charge is 2.23. The van der Waals surface area contributed by atoms with E-state index in [0.717, 1.165) is 45.3 Å². The van der Waals surface area contributed by atoms with Crippen LogP contribution in [0.3, 0.4) is 0 Å². The predicted molar refractivity (Wildman–Crippen MR) is 129 cm³/mol. The lowest BCUT2D eigenvalue weighted by Gasteiger charge is -2.36. The van der Waals surface area contributed by atoms with E-state index in [-0.39, 0.29) is 5.91 Å². The number of piperazine rings is 1. The van der Waals surface area contributed by atoms with Crippen molar-refractivity contribution in [1.82, 2.24) is 9.88 Å². The Morgan fingerprint density at radius 1 is 1.16 bits per heavy atom. The van der Waals surface area contributed by atoms with Gasteiger partial charge in [0.05, 0.1) is 24.9 Å². The lowest BCUT2D eigenvalue weighted by Crippen LogP contribution is -2.49. The molecular weight excluding hydrogens is 450 g/mol. The van der Waals surface area contributed by atoms with Crippen LogP contribution in [0.15, 0.2) is 58.3 Å². The fourth-order valence-corrected chi connectivity index (χ4v) is 5.56. The quantitative estimate of drug-likeness (QED) is 0.452. The van der Waals surface area contributed by atoms with Crippen molar-refractivity contribution in [3.05, 3.63) is 70.2 Å². The standard InChI is InChI=1S/C23H24ClN3O2S2/c1-29-21-8-3-2-7-20(21)26-9-11-27(12-10-26)22(28)14-19-16-31-23(25-19)30-15-17-5-4-6-18(24)13-17/h2-8,13,16H,9-12,14-15H2,1H3. The highest BCUT2D eigenvalue weighted by molar-refractivity contribution is 8.00. The fraction of sp³-hybridized carbons (Fsp3) is 0.304. The van der Waals surface area contributed by atoms with Gasteiger partial charge in [-0.15, -0.1) is 11.3 Å². The summed E-state index contributed by atoms with van der Waals surface area (Å²) in [7, 11) is 1.69. The molecular formula is C23H24ClN3O2S2. The van der Waals surface area contributed by atoms with Crippen LogP contribution in [0.5, 0.6) is 5.75 Å². The summed E-state index contributed by atoms with van der Waals surface area (Å²) in [5.41, 5.74) is 3.09. The number of ether oxygens (including phenoxy) is 1. The minimum atomic E-state index is 0.136. The minimum absolute atomic E-state index is 0.136. The Balaban J connectivity index is 1.27. The van der Waals surface area contributed by atoms with Crippen molar-refractivity contribution in [1.29, 1.82) is 0 Å². The number of benzene rings is 2. The Hall–Kier alpha value is -2.22. The molecule has 5 nitrogen and oxygen atoms in total. The number of rotatable bonds is 7. The van der Waals surface area contributed by atoms with Gasteiger partial charge in [-0.3, -0.25) is 4.79 Å². The van der Waals surface area contributed by atoms with Crippen LogP contribution in [0.2, 0.25) is 5.02 Å². The summed E-state index contributed by atoms with van der Waals surface area (Å²) in [6.45, 7) is 3.00. The monoisotopic (exact) mass is 473 g/mol. The summed E-state index contributed by atoms with van der Waals surface area (Å²) in [5.74, 6) is 1.82. The average molecular weight is 474 g/mol. The summed E-state index contributed by atoms with van der Waals surface area (Å²) in [4.78, 5) is 21.6. The van der Waals surface area contributed by atoms with E-state index in [1.54, 1.807) is 30.2 Å². The molecule has 8 heteroatoms. The molecule has 4 rings (SSSR count). The van der Waals surface area contributed by atoms with E-state index in [1.165, 1.54) is 5.56 Å². The molecule has 2 aromatic carbocycles. The number of hydrogen-bond acceptors (Lipinski definition) is 6. The van der Waals surface area contributed by atoms with Gasteiger partial charge in [0.2, 0.25) is 5.91 Å². The second kappa shape index (κ2) is 10.4. The summed E-state index contributed by atoms with van der Waals surface area (Å²) in [5, 5.41) is 2.73. The van der Waals surface area contributed by atoms with E-state index in [2.05, 4.69) is 22.0 Å². The van der Waals surface area contributed by atoms with Gasteiger partial charge in [0, 0.05) is 42.3 Å². The topological polar surface area (TPSA) is 45.7 Å². The van der Waals surface area contributed by atoms with E-state index >= 15 is 0 Å². The first-order valence-electron chi connectivity index (χ1n) is 10.1. The third-order valence-corrected chi connectivity index (χ3v) is 7.55. The second-order valence-corrected chi connectivity index (χ2v) is 9.76. The molecule has 0 radical (unpaired) electrons. The van der Waals surface area contributed by atoms with Crippen LogP contribution < -0.4 is 9.64 Å². The number of aromatic nitrogens is 1. The summed E-state index contributed by atoms with van der Waals surface area (Å²) < 4.78 is 6.45. The van der Waals surface area contributed by atoms with Crippen molar-refractivity contribution in [2.24, 2.45) is 0 Å². The van der Waals surface area contributed by atoms with Crippen LogP contribution in [0.4, 0.5) is 5.69 Å². The number of para-hydroxylation sites is 2. The van der Waals surface area contributed by atoms with Gasteiger partial charge in [0.15, 0.2) is 0 Å². The van der Waals surface area contributed by atoms with Gasteiger partial charge in [-0.25, -0.2) is 4.98 Å². The minimum Gasteiger partial charge on any atom is -0.495 e. The molecule has 0 spiro atoms. The van der Waals surface area contributed by atoms with Crippen LogP contribution in [0.25, 0.3) is 0 Å². The molecule has 2 heterocycles. The van der Waals surface area contributed by atoms with E-state index < -0.39 is 0 Å². The number of methoxy groups -OCH3 is 1. The van der Waals surface area contributed by atoms with Gasteiger partial charge in [-0.05, 0) is 29.8 Å². The Bertz CT molecular complexity index is 1030. The lowest BCUT2D eigenvalue weighted by molar-refractivity contribution is -0.130. The molecule has 162 valence electrons. The number of thiazole rings is 1. The summed E-state index contributed by atoms with van der Waals surface area (Å²) in [6, 6.07) is 15.9. The molecule has 0 atom stereocenters. The maximum absolute atomic E-state index is 12.8. The van der Waals surface area contributed by atoms with E-state index in [9.17, 15) is 4.79 Å². The van der Waals surface area contributed by atoms with Gasteiger partial charge in [-0.1, -0.05) is 47.6 Å². The SMILES string of the molecule is COc1ccccc1N1CCN(C(=O)Cc2csc(SCc3cccc(Cl)c3)n2)CC1. The molecule has 1 aliphatic rings. The van der Waals surface area contributed by atoms with E-state index in [4.69, 9.17) is 16.3 Å². The molecule has 1 aliphatic heterocycles. The molecule has 3 aromatic rings. The number of thioether (sulfide) groups is 1. The van der Waals surface area contributed by atoms with Gasteiger partial charge in [0.25, 0.3) is 0 Å². The zero-order valence-electron chi connectivity index (χ0n) is 17.3. The molecule has 1 amide bonds. The van der Waals surface area contributed by atoms with E-state index in [0.29, 0.717) is 19.5 Å². The molecule has 0 unspecified atom stereocenters. The van der Waals surface area contributed by atoms with Crippen molar-refractivity contribution < 1.29 is 9.53 Å². The normalized spacial score (nSPS) is 14.0. The van der Waals surface area contributed by atoms with Crippen molar-refractivity contribution in [3.8, 4) is 5.75 Å². The number of nitrogens with zero attached hydrogens (tertiary/aromatic N) is 3. The smallest absolute Gasteiger partial charge is 0.228 e. The number of hydrogen-bond donors (Lipinski definition) is 0. The lowest BCUT2D eigenvalue weighted by atomic mass is 10.2. The van der Waals surface area contributed by atoms with Gasteiger partial charge < -0.3 is 14.5 Å². The molecule has 1 fully saturated rings. The van der Waals surface area contributed by atoms with Crippen molar-refractivity contribution in [2.45, 2.75) is 16.5 Å². The molecule has 1 saturated heterocycles. The third-order valence-electron chi connectivity index (χ3n) is 5.17. The van der Waals surface area contributed by atoms with Crippen LogP contribution in [0, 0.1) is 0 Å². The molecule has 0 N–H and O–H groups in total. The number of carbonyl (C=O) groups excluding carboxylic acids is 1. The van der Waals surface area contributed by atoms with Gasteiger partial charge in [0.1, 0.15) is 10.1 Å². The number of amides is 1. The van der Waals surface area contributed by atoms with Crippen LogP contribution >= 0.6 is 34.7 Å². The van der Waals surface area contributed by atoms with Crippen LogP contribution in [-0.4, -0.2) is 49.1 Å². The zero-order chi connectivity index (χ0) is 21.6. The Kier molecular flexibility index (Phi) is 7.37. The predicted octanol–water partition coefficient (Wildman–Crippen LogP) is 4.99. The Morgan fingerprint density at radius 3 is 2.74 bits per heavy atom. The molecule has 1 aromatic heterocycles. The summed E-state index contributed by atoms with van der Waals surface area (Å²) >= 11 is 9.31. The first kappa shape index (κ1) is 22.0. The molecule has 31 heavy (non-hydrogen) atoms. The number of halogens is 1. The largest absolute Gasteiger partial charge is 0.495 e. The maximum atomic E-state index is 12.8. The number of anilines is 1. The van der Waals surface area contributed by atoms with Crippen molar-refractivity contribution >= 4 is 46.3 Å². The third kappa shape index (κ3) is 5.73. The van der Waals surface area contributed by atoms with Crippen molar-refractivity contribution in [3.63, 3.8) is 0 Å².